The molecule has 3 rings (SSSR count). The second kappa shape index (κ2) is 7.41. The zero-order valence-corrected chi connectivity index (χ0v) is 14.4. The lowest BCUT2D eigenvalue weighted by Gasteiger charge is -2.16. The average molecular weight is 372 g/mol. The van der Waals surface area contributed by atoms with E-state index in [9.17, 15) is 14.4 Å². The number of hydrogen-bond acceptors (Lipinski definition) is 6. The molecule has 0 saturated carbocycles. The second-order valence-electron chi connectivity index (χ2n) is 5.49. The van der Waals surface area contributed by atoms with E-state index in [-0.39, 0.29) is 16.5 Å². The van der Waals surface area contributed by atoms with Crippen molar-refractivity contribution >= 4 is 35.0 Å². The predicted octanol–water partition coefficient (Wildman–Crippen LogP) is 3.49. The number of rotatable bonds is 5. The summed E-state index contributed by atoms with van der Waals surface area (Å²) in [5.74, 6) is -1.51. The molecule has 0 aromatic heterocycles. The number of halogens is 1. The minimum absolute atomic E-state index is 0.0668. The molecule has 0 fully saturated rings. The quantitative estimate of drug-likeness (QED) is 0.640. The van der Waals surface area contributed by atoms with Gasteiger partial charge in [-0.1, -0.05) is 29.8 Å². The second-order valence-corrected chi connectivity index (χ2v) is 5.87. The first-order valence-electron chi connectivity index (χ1n) is 7.70. The van der Waals surface area contributed by atoms with Gasteiger partial charge in [-0.25, -0.2) is 9.59 Å². The summed E-state index contributed by atoms with van der Waals surface area (Å²) in [7, 11) is 0. The molecule has 0 saturated heterocycles. The van der Waals surface area contributed by atoms with Crippen molar-refractivity contribution < 1.29 is 23.9 Å². The van der Waals surface area contributed by atoms with E-state index >= 15 is 0 Å². The zero-order chi connectivity index (χ0) is 18.7. The van der Waals surface area contributed by atoms with Gasteiger partial charge in [0.1, 0.15) is 5.70 Å². The van der Waals surface area contributed by atoms with Gasteiger partial charge < -0.3 is 14.8 Å². The van der Waals surface area contributed by atoms with Gasteiger partial charge in [0, 0.05) is 11.3 Å². The smallest absolute Gasteiger partial charge is 0.355 e. The summed E-state index contributed by atoms with van der Waals surface area (Å²) in [6.45, 7) is 1.46. The maximum Gasteiger partial charge on any atom is 0.355 e. The summed E-state index contributed by atoms with van der Waals surface area (Å²) in [6.07, 6.45) is -1.28. The first-order valence-corrected chi connectivity index (χ1v) is 8.08. The van der Waals surface area contributed by atoms with E-state index in [0.29, 0.717) is 16.8 Å². The highest BCUT2D eigenvalue weighted by atomic mass is 35.5. The van der Waals surface area contributed by atoms with Crippen LogP contribution in [-0.4, -0.2) is 24.0 Å². The van der Waals surface area contributed by atoms with Crippen molar-refractivity contribution in [3.63, 3.8) is 0 Å². The Morgan fingerprint density at radius 2 is 1.69 bits per heavy atom. The van der Waals surface area contributed by atoms with Crippen LogP contribution in [0.1, 0.15) is 27.6 Å². The number of carbonyl (C=O) groups is 3. The minimum Gasteiger partial charge on any atom is -0.415 e. The Balaban J connectivity index is 1.78. The van der Waals surface area contributed by atoms with E-state index in [1.165, 1.54) is 6.92 Å². The lowest BCUT2D eigenvalue weighted by atomic mass is 10.1. The first kappa shape index (κ1) is 17.7. The molecule has 1 N–H and O–H groups in total. The minimum atomic E-state index is -1.28. The average Bonchev–Trinajstić information content (AvgIpc) is 2.90. The van der Waals surface area contributed by atoms with E-state index in [2.05, 4.69) is 5.32 Å². The molecule has 1 aliphatic heterocycles. The van der Waals surface area contributed by atoms with Crippen molar-refractivity contribution in [2.24, 2.45) is 0 Å². The largest absolute Gasteiger partial charge is 0.415 e. The number of nitrogens with one attached hydrogen (secondary N) is 1. The van der Waals surface area contributed by atoms with Crippen LogP contribution in [0.5, 0.6) is 0 Å². The normalized spacial score (nSPS) is 16.2. The van der Waals surface area contributed by atoms with E-state index in [0.717, 1.165) is 0 Å². The van der Waals surface area contributed by atoms with Crippen molar-refractivity contribution in [1.29, 1.82) is 0 Å². The molecule has 0 aliphatic carbocycles. The summed E-state index contributed by atoms with van der Waals surface area (Å²) in [4.78, 5) is 35.3. The highest BCUT2D eigenvalue weighted by Crippen LogP contribution is 2.28. The SMILES string of the molecule is CC(=O)c1ccc(NC2=C(Cl)C(=O)O[C@@H]2OC(=O)c2ccccc2)cc1. The number of Topliss-reactive ketones (excluding diaryl/α,β-unsaturated/α-hetero) is 1. The summed E-state index contributed by atoms with van der Waals surface area (Å²) in [5, 5.41) is 2.71. The van der Waals surface area contributed by atoms with Crippen molar-refractivity contribution in [2.45, 2.75) is 13.2 Å². The van der Waals surface area contributed by atoms with Gasteiger partial charge in [0.25, 0.3) is 6.29 Å². The number of anilines is 1. The molecular formula is C19H14ClNO5. The third-order valence-corrected chi connectivity index (χ3v) is 4.02. The summed E-state index contributed by atoms with van der Waals surface area (Å²) in [6, 6.07) is 14.9. The molecule has 26 heavy (non-hydrogen) atoms. The number of carbonyl (C=O) groups excluding carboxylic acids is 3. The van der Waals surface area contributed by atoms with E-state index in [1.807, 2.05) is 0 Å². The Hall–Kier alpha value is -3.12. The van der Waals surface area contributed by atoms with Crippen LogP contribution < -0.4 is 5.32 Å². The van der Waals surface area contributed by atoms with Gasteiger partial charge in [-0.2, -0.15) is 0 Å². The zero-order valence-electron chi connectivity index (χ0n) is 13.7. The highest BCUT2D eigenvalue weighted by molar-refractivity contribution is 6.42. The monoisotopic (exact) mass is 371 g/mol. The van der Waals surface area contributed by atoms with Gasteiger partial charge in [0.2, 0.25) is 0 Å². The number of ketones is 1. The molecular weight excluding hydrogens is 358 g/mol. The molecule has 1 heterocycles. The summed E-state index contributed by atoms with van der Waals surface area (Å²) >= 11 is 5.98. The van der Waals surface area contributed by atoms with Crippen molar-refractivity contribution in [2.75, 3.05) is 5.32 Å². The third-order valence-electron chi connectivity index (χ3n) is 3.66. The number of esters is 2. The van der Waals surface area contributed by atoms with Crippen LogP contribution in [-0.2, 0) is 14.3 Å². The molecule has 0 radical (unpaired) electrons. The number of cyclic esters (lactones) is 1. The fraction of sp³-hybridized carbons (Fsp3) is 0.105. The van der Waals surface area contributed by atoms with Crippen LogP contribution >= 0.6 is 11.6 Å². The van der Waals surface area contributed by atoms with Crippen LogP contribution in [0.3, 0.4) is 0 Å². The standard InChI is InChI=1S/C19H14ClNO5/c1-11(22)12-7-9-14(10-8-12)21-16-15(20)18(24)26-19(16)25-17(23)13-5-3-2-4-6-13/h2-10,19,21H,1H3/t19-/m0/s1. The molecule has 0 spiro atoms. The third kappa shape index (κ3) is 3.75. The predicted molar refractivity (Wildman–Crippen MR) is 94.7 cm³/mol. The van der Waals surface area contributed by atoms with E-state index in [1.54, 1.807) is 54.6 Å². The lowest BCUT2D eigenvalue weighted by molar-refractivity contribution is -0.152. The summed E-state index contributed by atoms with van der Waals surface area (Å²) in [5.41, 5.74) is 1.54. The fourth-order valence-electron chi connectivity index (χ4n) is 2.30. The first-order chi connectivity index (χ1) is 12.5. The maximum atomic E-state index is 12.2. The molecule has 2 aromatic rings. The van der Waals surface area contributed by atoms with Crippen LogP contribution in [0.2, 0.25) is 0 Å². The van der Waals surface area contributed by atoms with Crippen LogP contribution in [0.4, 0.5) is 5.69 Å². The molecule has 1 aliphatic rings. The Bertz CT molecular complexity index is 890. The molecule has 1 atom stereocenters. The molecule has 0 amide bonds. The molecule has 6 nitrogen and oxygen atoms in total. The van der Waals surface area contributed by atoms with Gasteiger partial charge in [-0.15, -0.1) is 0 Å². The Morgan fingerprint density at radius 3 is 2.31 bits per heavy atom. The number of benzene rings is 2. The van der Waals surface area contributed by atoms with E-state index < -0.39 is 18.2 Å². The van der Waals surface area contributed by atoms with Gasteiger partial charge in [-0.05, 0) is 43.3 Å². The Morgan fingerprint density at radius 1 is 1.04 bits per heavy atom. The molecule has 132 valence electrons. The molecule has 0 bridgehead atoms. The molecule has 0 unspecified atom stereocenters. The van der Waals surface area contributed by atoms with Gasteiger partial charge in [0.05, 0.1) is 5.56 Å². The topological polar surface area (TPSA) is 81.7 Å². The molecule has 7 heteroatoms. The molecule has 2 aromatic carbocycles. The fourth-order valence-corrected chi connectivity index (χ4v) is 2.48. The maximum absolute atomic E-state index is 12.2. The van der Waals surface area contributed by atoms with Crippen molar-refractivity contribution in [1.82, 2.24) is 0 Å². The van der Waals surface area contributed by atoms with Crippen molar-refractivity contribution in [3.8, 4) is 0 Å². The van der Waals surface area contributed by atoms with Gasteiger partial charge >= 0.3 is 11.9 Å². The van der Waals surface area contributed by atoms with Crippen molar-refractivity contribution in [3.05, 3.63) is 76.5 Å². The van der Waals surface area contributed by atoms with Crippen LogP contribution in [0, 0.1) is 0 Å². The van der Waals surface area contributed by atoms with Crippen LogP contribution in [0.15, 0.2) is 65.3 Å². The number of ether oxygens (including phenoxy) is 2. The summed E-state index contributed by atoms with van der Waals surface area (Å²) < 4.78 is 10.3. The number of hydrogen-bond donors (Lipinski definition) is 1. The van der Waals surface area contributed by atoms with Gasteiger partial charge in [-0.3, -0.25) is 4.79 Å². The van der Waals surface area contributed by atoms with Crippen LogP contribution in [0.25, 0.3) is 0 Å². The highest BCUT2D eigenvalue weighted by Gasteiger charge is 2.36. The van der Waals surface area contributed by atoms with E-state index in [4.69, 9.17) is 21.1 Å². The van der Waals surface area contributed by atoms with Gasteiger partial charge in [0.15, 0.2) is 10.8 Å². The Kier molecular flexibility index (Phi) is 5.04. The Labute approximate surface area is 154 Å². The lowest BCUT2D eigenvalue weighted by Crippen LogP contribution is -2.24.